The average molecular weight is 355 g/mol. The summed E-state index contributed by atoms with van der Waals surface area (Å²) in [4.78, 5) is 13.8. The van der Waals surface area contributed by atoms with Gasteiger partial charge in [0, 0.05) is 6.54 Å². The van der Waals surface area contributed by atoms with E-state index in [1.54, 1.807) is 48.3 Å². The fourth-order valence-corrected chi connectivity index (χ4v) is 2.37. The second-order valence-electron chi connectivity index (χ2n) is 5.23. The first-order valence-corrected chi connectivity index (χ1v) is 7.58. The van der Waals surface area contributed by atoms with Crippen LogP contribution in [-0.2, 0) is 11.3 Å². The summed E-state index contributed by atoms with van der Waals surface area (Å²) >= 11 is 5.99. The number of carbonyl (C=O) groups excluding carboxylic acids is 1. The number of nitrogens with one attached hydrogen (secondary N) is 1. The molecule has 0 heterocycles. The van der Waals surface area contributed by atoms with Crippen molar-refractivity contribution < 1.29 is 18.3 Å². The zero-order valence-corrected chi connectivity index (χ0v) is 13.8. The van der Waals surface area contributed by atoms with Gasteiger partial charge in [0.1, 0.15) is 5.75 Å². The number of nitrogens with zero attached hydrogens (tertiary/aromatic N) is 1. The van der Waals surface area contributed by atoms with Gasteiger partial charge in [0.05, 0.1) is 17.3 Å². The Bertz CT molecular complexity index is 698. The van der Waals surface area contributed by atoms with Gasteiger partial charge in [0.2, 0.25) is 5.91 Å². The first-order valence-electron chi connectivity index (χ1n) is 7.20. The first-order chi connectivity index (χ1) is 11.4. The van der Waals surface area contributed by atoms with Crippen LogP contribution in [-0.4, -0.2) is 31.0 Å². The molecule has 0 spiro atoms. The summed E-state index contributed by atoms with van der Waals surface area (Å²) in [5.74, 6) is -0.123. The Kier molecular flexibility index (Phi) is 6.52. The number of para-hydroxylation sites is 1. The van der Waals surface area contributed by atoms with E-state index in [-0.39, 0.29) is 18.2 Å². The summed E-state index contributed by atoms with van der Waals surface area (Å²) in [7, 11) is 1.76. The number of likely N-dealkylation sites (N-methyl/N-ethyl adjacent to an activating group) is 1. The monoisotopic (exact) mass is 354 g/mol. The van der Waals surface area contributed by atoms with Crippen LogP contribution in [0.5, 0.6) is 5.75 Å². The van der Waals surface area contributed by atoms with Crippen LogP contribution in [0.25, 0.3) is 0 Å². The zero-order valence-electron chi connectivity index (χ0n) is 13.0. The molecule has 0 saturated carbocycles. The minimum Gasteiger partial charge on any atom is -0.435 e. The predicted molar refractivity (Wildman–Crippen MR) is 89.5 cm³/mol. The van der Waals surface area contributed by atoms with Gasteiger partial charge in [-0.2, -0.15) is 8.78 Å². The van der Waals surface area contributed by atoms with Gasteiger partial charge in [0.15, 0.2) is 0 Å². The van der Waals surface area contributed by atoms with Crippen molar-refractivity contribution in [1.29, 1.82) is 0 Å². The number of carbonyl (C=O) groups is 1. The second-order valence-corrected chi connectivity index (χ2v) is 5.63. The molecule has 2 aromatic carbocycles. The molecule has 0 saturated heterocycles. The highest BCUT2D eigenvalue weighted by Gasteiger charge is 2.10. The standard InChI is InChI=1S/C17H17ClF2N2O2/c1-22(10-12-5-4-6-13(9-12)24-17(19)20)11-16(23)21-15-8-3-2-7-14(15)18/h2-9,17H,10-11H2,1H3,(H,21,23). The lowest BCUT2D eigenvalue weighted by Crippen LogP contribution is -2.29. The van der Waals surface area contributed by atoms with Crippen molar-refractivity contribution >= 4 is 23.2 Å². The fraction of sp³-hybridized carbons (Fsp3) is 0.235. The van der Waals surface area contributed by atoms with Crippen molar-refractivity contribution in [2.24, 2.45) is 0 Å². The van der Waals surface area contributed by atoms with Crippen LogP contribution in [0.3, 0.4) is 0 Å². The van der Waals surface area contributed by atoms with E-state index in [1.807, 2.05) is 0 Å². The number of hydrogen-bond donors (Lipinski definition) is 1. The minimum absolute atomic E-state index is 0.0939. The first kappa shape index (κ1) is 18.2. The van der Waals surface area contributed by atoms with Gasteiger partial charge >= 0.3 is 6.61 Å². The molecule has 0 atom stereocenters. The molecule has 0 aliphatic heterocycles. The van der Waals surface area contributed by atoms with Gasteiger partial charge < -0.3 is 10.1 Å². The van der Waals surface area contributed by atoms with Crippen molar-refractivity contribution in [2.45, 2.75) is 13.2 Å². The van der Waals surface area contributed by atoms with Gasteiger partial charge in [-0.25, -0.2) is 0 Å². The van der Waals surface area contributed by atoms with Crippen LogP contribution >= 0.6 is 11.6 Å². The number of hydrogen-bond acceptors (Lipinski definition) is 3. The van der Waals surface area contributed by atoms with Crippen molar-refractivity contribution in [3.8, 4) is 5.75 Å². The number of rotatable bonds is 7. The molecule has 4 nitrogen and oxygen atoms in total. The van der Waals surface area contributed by atoms with E-state index in [0.717, 1.165) is 5.56 Å². The molecule has 1 N–H and O–H groups in total. The maximum atomic E-state index is 12.2. The third-order valence-corrected chi connectivity index (χ3v) is 3.47. The van der Waals surface area contributed by atoms with E-state index >= 15 is 0 Å². The molecule has 0 bridgehead atoms. The van der Waals surface area contributed by atoms with E-state index in [1.165, 1.54) is 12.1 Å². The topological polar surface area (TPSA) is 41.6 Å². The molecular formula is C17H17ClF2N2O2. The Hall–Kier alpha value is -2.18. The quantitative estimate of drug-likeness (QED) is 0.816. The Morgan fingerprint density at radius 2 is 2.00 bits per heavy atom. The number of halogens is 3. The summed E-state index contributed by atoms with van der Waals surface area (Å²) in [5.41, 5.74) is 1.31. The van der Waals surface area contributed by atoms with Crippen LogP contribution in [0.15, 0.2) is 48.5 Å². The molecule has 0 unspecified atom stereocenters. The Balaban J connectivity index is 1.89. The van der Waals surface area contributed by atoms with Crippen LogP contribution in [0, 0.1) is 0 Å². The van der Waals surface area contributed by atoms with Crippen LogP contribution < -0.4 is 10.1 Å². The SMILES string of the molecule is CN(CC(=O)Nc1ccccc1Cl)Cc1cccc(OC(F)F)c1. The van der Waals surface area contributed by atoms with Gasteiger partial charge in [-0.3, -0.25) is 9.69 Å². The molecule has 0 radical (unpaired) electrons. The molecular weight excluding hydrogens is 338 g/mol. The van der Waals surface area contributed by atoms with Gasteiger partial charge in [-0.05, 0) is 36.9 Å². The maximum Gasteiger partial charge on any atom is 0.387 e. The highest BCUT2D eigenvalue weighted by Crippen LogP contribution is 2.20. The van der Waals surface area contributed by atoms with E-state index in [9.17, 15) is 13.6 Å². The number of benzene rings is 2. The molecule has 0 aromatic heterocycles. The summed E-state index contributed by atoms with van der Waals surface area (Å²) in [6.45, 7) is -2.32. The Labute approximate surface area is 144 Å². The lowest BCUT2D eigenvalue weighted by molar-refractivity contribution is -0.117. The lowest BCUT2D eigenvalue weighted by Gasteiger charge is -2.17. The highest BCUT2D eigenvalue weighted by molar-refractivity contribution is 6.33. The van der Waals surface area contributed by atoms with Crippen LogP contribution in [0.2, 0.25) is 5.02 Å². The number of alkyl halides is 2. The molecule has 2 aromatic rings. The number of ether oxygens (including phenoxy) is 1. The minimum atomic E-state index is -2.86. The number of anilines is 1. The summed E-state index contributed by atoms with van der Waals surface area (Å²) in [6, 6.07) is 13.3. The Morgan fingerprint density at radius 1 is 1.25 bits per heavy atom. The lowest BCUT2D eigenvalue weighted by atomic mass is 10.2. The molecule has 0 aliphatic rings. The molecule has 0 aliphatic carbocycles. The molecule has 0 fully saturated rings. The second kappa shape index (κ2) is 8.61. The average Bonchev–Trinajstić information content (AvgIpc) is 2.49. The maximum absolute atomic E-state index is 12.2. The summed E-state index contributed by atoms with van der Waals surface area (Å²) < 4.78 is 28.8. The highest BCUT2D eigenvalue weighted by atomic mass is 35.5. The molecule has 128 valence electrons. The van der Waals surface area contributed by atoms with Crippen molar-refractivity contribution in [3.05, 3.63) is 59.1 Å². The largest absolute Gasteiger partial charge is 0.435 e. The van der Waals surface area contributed by atoms with Crippen LogP contribution in [0.1, 0.15) is 5.56 Å². The van der Waals surface area contributed by atoms with Crippen molar-refractivity contribution in [1.82, 2.24) is 4.90 Å². The van der Waals surface area contributed by atoms with Crippen molar-refractivity contribution in [2.75, 3.05) is 18.9 Å². The van der Waals surface area contributed by atoms with E-state index in [2.05, 4.69) is 10.1 Å². The fourth-order valence-electron chi connectivity index (χ4n) is 2.19. The zero-order chi connectivity index (χ0) is 17.5. The van der Waals surface area contributed by atoms with Crippen LogP contribution in [0.4, 0.5) is 14.5 Å². The van der Waals surface area contributed by atoms with E-state index in [4.69, 9.17) is 11.6 Å². The summed E-state index contributed by atoms with van der Waals surface area (Å²) in [5, 5.41) is 3.19. The third-order valence-electron chi connectivity index (χ3n) is 3.14. The van der Waals surface area contributed by atoms with Crippen molar-refractivity contribution in [3.63, 3.8) is 0 Å². The normalized spacial score (nSPS) is 10.9. The molecule has 24 heavy (non-hydrogen) atoms. The molecule has 7 heteroatoms. The van der Waals surface area contributed by atoms with Gasteiger partial charge in [-0.1, -0.05) is 35.9 Å². The third kappa shape index (κ3) is 5.79. The van der Waals surface area contributed by atoms with E-state index in [0.29, 0.717) is 17.3 Å². The van der Waals surface area contributed by atoms with E-state index < -0.39 is 6.61 Å². The molecule has 2 rings (SSSR count). The van der Waals surface area contributed by atoms with Gasteiger partial charge in [0.25, 0.3) is 0 Å². The number of amides is 1. The Morgan fingerprint density at radius 3 is 2.71 bits per heavy atom. The summed E-state index contributed by atoms with van der Waals surface area (Å²) in [6.07, 6.45) is 0. The smallest absolute Gasteiger partial charge is 0.387 e. The predicted octanol–water partition coefficient (Wildman–Crippen LogP) is 4.01. The molecule has 1 amide bonds. The van der Waals surface area contributed by atoms with Gasteiger partial charge in [-0.15, -0.1) is 0 Å².